The molecule has 2 atom stereocenters. The molecule has 5 heteroatoms. The number of hydrogen-bond donors (Lipinski definition) is 2. The quantitative estimate of drug-likeness (QED) is 0.377. The third kappa shape index (κ3) is 2.06. The normalized spacial score (nSPS) is 28.0. The van der Waals surface area contributed by atoms with Crippen LogP contribution in [0.1, 0.15) is 42.5 Å². The van der Waals surface area contributed by atoms with Gasteiger partial charge in [0.25, 0.3) is 0 Å². The summed E-state index contributed by atoms with van der Waals surface area (Å²) in [6.45, 7) is 2.14. The van der Waals surface area contributed by atoms with Crippen molar-refractivity contribution in [2.24, 2.45) is 22.7 Å². The molecule has 5 nitrogen and oxygen atoms in total. The van der Waals surface area contributed by atoms with Crippen molar-refractivity contribution in [1.82, 2.24) is 4.98 Å². The van der Waals surface area contributed by atoms with Gasteiger partial charge in [-0.3, -0.25) is 0 Å². The number of amidine groups is 1. The summed E-state index contributed by atoms with van der Waals surface area (Å²) in [7, 11) is 0. The lowest BCUT2D eigenvalue weighted by Crippen LogP contribution is -2.27. The molecule has 2 unspecified atom stereocenters. The third-order valence-electron chi connectivity index (χ3n) is 5.44. The van der Waals surface area contributed by atoms with Gasteiger partial charge in [-0.25, -0.2) is 4.98 Å². The Labute approximate surface area is 124 Å². The Morgan fingerprint density at radius 3 is 2.71 bits per heavy atom. The van der Waals surface area contributed by atoms with E-state index < -0.39 is 0 Å². The SMILES string of the molecule is N/C(=N/O)c1cc2c(nc1N1CC3CCCC3C1)CCC2. The average molecular weight is 286 g/mol. The Kier molecular flexibility index (Phi) is 3.01. The average Bonchev–Trinajstić information content (AvgIpc) is 3.19. The van der Waals surface area contributed by atoms with Gasteiger partial charge in [-0.05, 0) is 55.6 Å². The number of nitrogens with two attached hydrogens (primary N) is 1. The van der Waals surface area contributed by atoms with E-state index >= 15 is 0 Å². The first-order valence-corrected chi connectivity index (χ1v) is 8.02. The Morgan fingerprint density at radius 2 is 2.00 bits per heavy atom. The fourth-order valence-corrected chi connectivity index (χ4v) is 4.35. The van der Waals surface area contributed by atoms with E-state index in [0.29, 0.717) is 0 Å². The van der Waals surface area contributed by atoms with E-state index in [1.165, 1.54) is 30.5 Å². The second-order valence-corrected chi connectivity index (χ2v) is 6.66. The summed E-state index contributed by atoms with van der Waals surface area (Å²) in [6, 6.07) is 2.09. The van der Waals surface area contributed by atoms with E-state index in [1.807, 2.05) is 0 Å². The van der Waals surface area contributed by atoms with Gasteiger partial charge in [0.05, 0.1) is 5.56 Å². The highest BCUT2D eigenvalue weighted by Gasteiger charge is 2.37. The largest absolute Gasteiger partial charge is 0.409 e. The Morgan fingerprint density at radius 1 is 1.24 bits per heavy atom. The number of pyridine rings is 1. The van der Waals surface area contributed by atoms with Crippen molar-refractivity contribution in [3.63, 3.8) is 0 Å². The Balaban J connectivity index is 1.73. The monoisotopic (exact) mass is 286 g/mol. The zero-order valence-corrected chi connectivity index (χ0v) is 12.3. The molecule has 2 aliphatic carbocycles. The summed E-state index contributed by atoms with van der Waals surface area (Å²) in [4.78, 5) is 7.25. The summed E-state index contributed by atoms with van der Waals surface area (Å²) in [5, 5.41) is 12.3. The van der Waals surface area contributed by atoms with E-state index in [1.54, 1.807) is 0 Å². The van der Waals surface area contributed by atoms with Crippen molar-refractivity contribution >= 4 is 11.7 Å². The van der Waals surface area contributed by atoms with Gasteiger partial charge in [0.2, 0.25) is 0 Å². The Bertz CT molecular complexity index is 586. The topological polar surface area (TPSA) is 74.7 Å². The molecule has 1 aromatic heterocycles. The van der Waals surface area contributed by atoms with E-state index in [4.69, 9.17) is 15.9 Å². The molecule has 0 spiro atoms. The molecule has 1 saturated carbocycles. The minimum Gasteiger partial charge on any atom is -0.409 e. The van der Waals surface area contributed by atoms with Gasteiger partial charge in [0.1, 0.15) is 5.82 Å². The first-order valence-electron chi connectivity index (χ1n) is 8.02. The molecule has 0 bridgehead atoms. The van der Waals surface area contributed by atoms with Gasteiger partial charge < -0.3 is 15.8 Å². The zero-order valence-electron chi connectivity index (χ0n) is 12.3. The van der Waals surface area contributed by atoms with Crippen LogP contribution in [0.25, 0.3) is 0 Å². The second kappa shape index (κ2) is 4.90. The number of rotatable bonds is 2. The molecular weight excluding hydrogens is 264 g/mol. The van der Waals surface area contributed by atoms with Crippen molar-refractivity contribution in [1.29, 1.82) is 0 Å². The smallest absolute Gasteiger partial charge is 0.173 e. The number of nitrogens with zero attached hydrogens (tertiary/aromatic N) is 3. The van der Waals surface area contributed by atoms with Gasteiger partial charge in [0, 0.05) is 18.8 Å². The van der Waals surface area contributed by atoms with Crippen molar-refractivity contribution in [2.75, 3.05) is 18.0 Å². The van der Waals surface area contributed by atoms with Gasteiger partial charge in [0.15, 0.2) is 5.84 Å². The van der Waals surface area contributed by atoms with Gasteiger partial charge >= 0.3 is 0 Å². The van der Waals surface area contributed by atoms with Crippen LogP contribution in [0, 0.1) is 11.8 Å². The lowest BCUT2D eigenvalue weighted by Gasteiger charge is -2.22. The second-order valence-electron chi connectivity index (χ2n) is 6.66. The van der Waals surface area contributed by atoms with Crippen LogP contribution in [0.5, 0.6) is 0 Å². The minimum absolute atomic E-state index is 0.184. The highest BCUT2D eigenvalue weighted by Crippen LogP contribution is 2.40. The van der Waals surface area contributed by atoms with E-state index in [2.05, 4.69) is 16.1 Å². The van der Waals surface area contributed by atoms with Gasteiger partial charge in [-0.2, -0.15) is 0 Å². The molecular formula is C16H22N4O. The predicted octanol–water partition coefficient (Wildman–Crippen LogP) is 1.90. The van der Waals surface area contributed by atoms with Crippen molar-refractivity contribution in [3.05, 3.63) is 22.9 Å². The van der Waals surface area contributed by atoms with E-state index in [-0.39, 0.29) is 5.84 Å². The molecule has 2 fully saturated rings. The number of oxime groups is 1. The van der Waals surface area contributed by atoms with Crippen LogP contribution in [0.3, 0.4) is 0 Å². The van der Waals surface area contributed by atoms with Gasteiger partial charge in [-0.15, -0.1) is 0 Å². The van der Waals surface area contributed by atoms with Crippen LogP contribution in [0.2, 0.25) is 0 Å². The zero-order chi connectivity index (χ0) is 14.4. The van der Waals surface area contributed by atoms with Crippen molar-refractivity contribution in [2.45, 2.75) is 38.5 Å². The maximum Gasteiger partial charge on any atom is 0.173 e. The van der Waals surface area contributed by atoms with Crippen LogP contribution >= 0.6 is 0 Å². The van der Waals surface area contributed by atoms with Crippen molar-refractivity contribution in [3.8, 4) is 0 Å². The maximum atomic E-state index is 9.08. The summed E-state index contributed by atoms with van der Waals surface area (Å²) in [6.07, 6.45) is 7.32. The van der Waals surface area contributed by atoms with Gasteiger partial charge in [-0.1, -0.05) is 11.6 Å². The van der Waals surface area contributed by atoms with E-state index in [0.717, 1.165) is 55.6 Å². The van der Waals surface area contributed by atoms with E-state index in [9.17, 15) is 0 Å². The molecule has 4 rings (SSSR count). The minimum atomic E-state index is 0.184. The molecule has 112 valence electrons. The molecule has 3 N–H and O–H groups in total. The Hall–Kier alpha value is -1.78. The highest BCUT2D eigenvalue weighted by atomic mass is 16.4. The number of aromatic nitrogens is 1. The summed E-state index contributed by atoms with van der Waals surface area (Å²) in [5.41, 5.74) is 9.18. The number of aryl methyl sites for hydroxylation is 2. The lowest BCUT2D eigenvalue weighted by molar-refractivity contribution is 0.318. The molecule has 1 saturated heterocycles. The molecule has 3 aliphatic rings. The lowest BCUT2D eigenvalue weighted by atomic mass is 10.0. The summed E-state index contributed by atoms with van der Waals surface area (Å²) in [5.74, 6) is 2.73. The fraction of sp³-hybridized carbons (Fsp3) is 0.625. The predicted molar refractivity (Wildman–Crippen MR) is 81.8 cm³/mol. The van der Waals surface area contributed by atoms with Crippen LogP contribution < -0.4 is 10.6 Å². The molecule has 1 aliphatic heterocycles. The number of hydrogen-bond acceptors (Lipinski definition) is 4. The molecule has 21 heavy (non-hydrogen) atoms. The van der Waals surface area contributed by atoms with Crippen molar-refractivity contribution < 1.29 is 5.21 Å². The van der Waals surface area contributed by atoms with Crippen LogP contribution in [0.15, 0.2) is 11.2 Å². The summed E-state index contributed by atoms with van der Waals surface area (Å²) < 4.78 is 0. The molecule has 0 amide bonds. The number of fused-ring (bicyclic) bond motifs is 2. The molecule has 0 radical (unpaired) electrons. The first kappa shape index (κ1) is 12.9. The van der Waals surface area contributed by atoms with Crippen LogP contribution in [-0.4, -0.2) is 29.1 Å². The maximum absolute atomic E-state index is 9.08. The standard InChI is InChI=1S/C16H22N4O/c17-15(19-21)13-7-10-3-2-6-14(10)18-16(13)20-8-11-4-1-5-12(11)9-20/h7,11-12,21H,1-6,8-9H2,(H2,17,19). The van der Waals surface area contributed by atoms with Crippen LogP contribution in [-0.2, 0) is 12.8 Å². The summed E-state index contributed by atoms with van der Waals surface area (Å²) >= 11 is 0. The number of anilines is 1. The third-order valence-corrected chi connectivity index (χ3v) is 5.44. The highest BCUT2D eigenvalue weighted by molar-refractivity contribution is 6.01. The molecule has 2 heterocycles. The fourth-order valence-electron chi connectivity index (χ4n) is 4.35. The molecule has 1 aromatic rings. The van der Waals surface area contributed by atoms with Crippen LogP contribution in [0.4, 0.5) is 5.82 Å². The first-order chi connectivity index (χ1) is 10.3. The molecule has 0 aromatic carbocycles.